The maximum absolute atomic E-state index is 10.9. The SMILES string of the molecule is CCn1ccnc1Oc1ccc2c(c1)OC(C(=O)O)C2. The molecule has 0 aliphatic carbocycles. The van der Waals surface area contributed by atoms with Crippen molar-refractivity contribution in [3.63, 3.8) is 0 Å². The van der Waals surface area contributed by atoms with E-state index in [0.29, 0.717) is 23.9 Å². The van der Waals surface area contributed by atoms with Gasteiger partial charge in [-0.2, -0.15) is 0 Å². The molecule has 2 heterocycles. The standard InChI is InChI=1S/C14H14N2O4/c1-2-16-6-5-15-14(16)19-10-4-3-9-7-12(13(17)18)20-11(9)8-10/h3-6,8,12H,2,7H2,1H3,(H,17,18). The number of aromatic nitrogens is 2. The van der Waals surface area contributed by atoms with Crippen molar-refractivity contribution in [2.24, 2.45) is 0 Å². The number of fused-ring (bicyclic) bond motifs is 1. The van der Waals surface area contributed by atoms with Crippen LogP contribution < -0.4 is 9.47 Å². The summed E-state index contributed by atoms with van der Waals surface area (Å²) in [4.78, 5) is 15.1. The molecule has 1 aliphatic rings. The normalized spacial score (nSPS) is 16.6. The number of ether oxygens (including phenoxy) is 2. The maximum Gasteiger partial charge on any atom is 0.345 e. The van der Waals surface area contributed by atoms with Crippen LogP contribution in [0.2, 0.25) is 0 Å². The number of hydrogen-bond donors (Lipinski definition) is 1. The third-order valence-electron chi connectivity index (χ3n) is 3.22. The summed E-state index contributed by atoms with van der Waals surface area (Å²) in [5.41, 5.74) is 0.878. The van der Waals surface area contributed by atoms with Gasteiger partial charge in [0, 0.05) is 31.4 Å². The summed E-state index contributed by atoms with van der Waals surface area (Å²) in [5, 5.41) is 8.96. The molecule has 3 rings (SSSR count). The maximum atomic E-state index is 10.9. The summed E-state index contributed by atoms with van der Waals surface area (Å²) in [6, 6.07) is 5.82. The Morgan fingerprint density at radius 1 is 1.60 bits per heavy atom. The summed E-state index contributed by atoms with van der Waals surface area (Å²) in [7, 11) is 0. The third kappa shape index (κ3) is 2.20. The highest BCUT2D eigenvalue weighted by atomic mass is 16.5. The Morgan fingerprint density at radius 2 is 2.45 bits per heavy atom. The zero-order valence-electron chi connectivity index (χ0n) is 10.9. The zero-order chi connectivity index (χ0) is 14.1. The minimum Gasteiger partial charge on any atom is -0.478 e. The van der Waals surface area contributed by atoms with Gasteiger partial charge in [0.2, 0.25) is 0 Å². The summed E-state index contributed by atoms with van der Waals surface area (Å²) in [6.45, 7) is 2.76. The molecule has 1 unspecified atom stereocenters. The van der Waals surface area contributed by atoms with Gasteiger partial charge < -0.3 is 19.1 Å². The number of carboxylic acids is 1. The average Bonchev–Trinajstić information content (AvgIpc) is 3.04. The Labute approximate surface area is 115 Å². The Hall–Kier alpha value is -2.50. The van der Waals surface area contributed by atoms with E-state index in [0.717, 1.165) is 12.1 Å². The molecular formula is C14H14N2O4. The van der Waals surface area contributed by atoms with Crippen LogP contribution in [0.5, 0.6) is 17.5 Å². The second-order valence-corrected chi connectivity index (χ2v) is 4.52. The molecule has 0 saturated heterocycles. The monoisotopic (exact) mass is 274 g/mol. The minimum atomic E-state index is -0.954. The van der Waals surface area contributed by atoms with Gasteiger partial charge in [0.15, 0.2) is 6.10 Å². The van der Waals surface area contributed by atoms with Gasteiger partial charge in [0.1, 0.15) is 11.5 Å². The lowest BCUT2D eigenvalue weighted by Gasteiger charge is -2.08. The molecule has 0 spiro atoms. The molecule has 1 atom stereocenters. The van der Waals surface area contributed by atoms with E-state index in [1.807, 2.05) is 23.8 Å². The van der Waals surface area contributed by atoms with Crippen LogP contribution in [0, 0.1) is 0 Å². The molecule has 2 aromatic rings. The van der Waals surface area contributed by atoms with Gasteiger partial charge in [-0.3, -0.25) is 0 Å². The predicted octanol–water partition coefficient (Wildman–Crippen LogP) is 2.08. The topological polar surface area (TPSA) is 73.6 Å². The van der Waals surface area contributed by atoms with E-state index in [1.54, 1.807) is 18.3 Å². The van der Waals surface area contributed by atoms with Crippen molar-refractivity contribution < 1.29 is 19.4 Å². The highest BCUT2D eigenvalue weighted by Gasteiger charge is 2.29. The number of carbonyl (C=O) groups is 1. The Morgan fingerprint density at radius 3 is 3.20 bits per heavy atom. The van der Waals surface area contributed by atoms with Crippen LogP contribution in [0.4, 0.5) is 0 Å². The molecule has 1 N–H and O–H groups in total. The van der Waals surface area contributed by atoms with E-state index in [4.69, 9.17) is 14.6 Å². The molecule has 0 fully saturated rings. The van der Waals surface area contributed by atoms with Crippen molar-refractivity contribution in [1.82, 2.24) is 9.55 Å². The van der Waals surface area contributed by atoms with Gasteiger partial charge in [-0.05, 0) is 18.6 Å². The van der Waals surface area contributed by atoms with E-state index in [-0.39, 0.29) is 0 Å². The van der Waals surface area contributed by atoms with E-state index in [2.05, 4.69) is 4.98 Å². The molecule has 6 heteroatoms. The molecule has 20 heavy (non-hydrogen) atoms. The fourth-order valence-corrected chi connectivity index (χ4v) is 2.16. The Balaban J connectivity index is 1.81. The highest BCUT2D eigenvalue weighted by Crippen LogP contribution is 2.33. The summed E-state index contributed by atoms with van der Waals surface area (Å²) in [5.74, 6) is 0.186. The van der Waals surface area contributed by atoms with Gasteiger partial charge in [-0.15, -0.1) is 0 Å². The van der Waals surface area contributed by atoms with Crippen LogP contribution >= 0.6 is 0 Å². The molecule has 0 amide bonds. The molecule has 1 aliphatic heterocycles. The van der Waals surface area contributed by atoms with Crippen molar-refractivity contribution in [2.45, 2.75) is 26.0 Å². The first kappa shape index (κ1) is 12.5. The van der Waals surface area contributed by atoms with Gasteiger partial charge in [0.05, 0.1) is 0 Å². The van der Waals surface area contributed by atoms with Gasteiger partial charge >= 0.3 is 12.0 Å². The van der Waals surface area contributed by atoms with Crippen LogP contribution in [0.15, 0.2) is 30.6 Å². The molecule has 6 nitrogen and oxygen atoms in total. The van der Waals surface area contributed by atoms with Gasteiger partial charge in [-0.25, -0.2) is 9.78 Å². The van der Waals surface area contributed by atoms with Crippen LogP contribution in [-0.2, 0) is 17.8 Å². The lowest BCUT2D eigenvalue weighted by atomic mass is 10.1. The second-order valence-electron chi connectivity index (χ2n) is 4.52. The van der Waals surface area contributed by atoms with Gasteiger partial charge in [-0.1, -0.05) is 6.07 Å². The number of rotatable bonds is 4. The number of benzene rings is 1. The third-order valence-corrected chi connectivity index (χ3v) is 3.22. The van der Waals surface area contributed by atoms with Gasteiger partial charge in [0.25, 0.3) is 0 Å². The number of hydrogen-bond acceptors (Lipinski definition) is 4. The quantitative estimate of drug-likeness (QED) is 0.924. The van der Waals surface area contributed by atoms with Crippen molar-refractivity contribution in [3.05, 3.63) is 36.2 Å². The molecule has 1 aromatic heterocycles. The largest absolute Gasteiger partial charge is 0.478 e. The van der Waals surface area contributed by atoms with Crippen LogP contribution in [0.1, 0.15) is 12.5 Å². The van der Waals surface area contributed by atoms with E-state index in [1.165, 1.54) is 0 Å². The van der Waals surface area contributed by atoms with Crippen LogP contribution in [-0.4, -0.2) is 26.7 Å². The highest BCUT2D eigenvalue weighted by molar-refractivity contribution is 5.74. The van der Waals surface area contributed by atoms with Crippen LogP contribution in [0.25, 0.3) is 0 Å². The van der Waals surface area contributed by atoms with Crippen molar-refractivity contribution in [2.75, 3.05) is 0 Å². The second kappa shape index (κ2) is 4.88. The fourth-order valence-electron chi connectivity index (χ4n) is 2.16. The molecule has 104 valence electrons. The Kier molecular flexibility index (Phi) is 3.06. The summed E-state index contributed by atoms with van der Waals surface area (Å²) >= 11 is 0. The molecule has 0 radical (unpaired) electrons. The summed E-state index contributed by atoms with van der Waals surface area (Å²) in [6.07, 6.45) is 3.08. The minimum absolute atomic E-state index is 0.383. The number of aryl methyl sites for hydroxylation is 1. The lowest BCUT2D eigenvalue weighted by molar-refractivity contribution is -0.144. The first-order chi connectivity index (χ1) is 9.67. The average molecular weight is 274 g/mol. The van der Waals surface area contributed by atoms with Crippen molar-refractivity contribution in [1.29, 1.82) is 0 Å². The zero-order valence-corrected chi connectivity index (χ0v) is 10.9. The smallest absolute Gasteiger partial charge is 0.345 e. The Bertz CT molecular complexity index is 650. The fraction of sp³-hybridized carbons (Fsp3) is 0.286. The van der Waals surface area contributed by atoms with E-state index < -0.39 is 12.1 Å². The van der Waals surface area contributed by atoms with E-state index in [9.17, 15) is 4.79 Å². The number of carboxylic acid groups (broad SMARTS) is 1. The van der Waals surface area contributed by atoms with Crippen LogP contribution in [0.3, 0.4) is 0 Å². The molecule has 0 bridgehead atoms. The number of nitrogens with zero attached hydrogens (tertiary/aromatic N) is 2. The number of imidazole rings is 1. The first-order valence-electron chi connectivity index (χ1n) is 6.38. The molecule has 1 aromatic carbocycles. The van der Waals surface area contributed by atoms with E-state index >= 15 is 0 Å². The first-order valence-corrected chi connectivity index (χ1v) is 6.38. The number of aliphatic carboxylic acids is 1. The molecular weight excluding hydrogens is 260 g/mol. The predicted molar refractivity (Wildman–Crippen MR) is 70.2 cm³/mol. The molecule has 0 saturated carbocycles. The summed E-state index contributed by atoms with van der Waals surface area (Å²) < 4.78 is 12.9. The van der Waals surface area contributed by atoms with Crippen molar-refractivity contribution in [3.8, 4) is 17.5 Å². The lowest BCUT2D eigenvalue weighted by Crippen LogP contribution is -2.24. The van der Waals surface area contributed by atoms with Crippen molar-refractivity contribution >= 4 is 5.97 Å².